The summed E-state index contributed by atoms with van der Waals surface area (Å²) in [5.74, 6) is -21.6. The number of anilines is 1. The van der Waals surface area contributed by atoms with Crippen molar-refractivity contribution in [2.75, 3.05) is 12.0 Å². The summed E-state index contributed by atoms with van der Waals surface area (Å²) in [5, 5.41) is 10.5. The van der Waals surface area contributed by atoms with Crippen molar-refractivity contribution in [3.63, 3.8) is 0 Å². The summed E-state index contributed by atoms with van der Waals surface area (Å²) in [4.78, 5) is 51.6. The second kappa shape index (κ2) is 10.6. The number of hydrogen-bond acceptors (Lipinski definition) is 6. The Balaban J connectivity index is 1.63. The first-order valence-corrected chi connectivity index (χ1v) is 15.7. The maximum Gasteiger partial charge on any atom is 0.258 e. The van der Waals surface area contributed by atoms with Gasteiger partial charge in [0.1, 0.15) is 5.69 Å². The van der Waals surface area contributed by atoms with Gasteiger partial charge in [0.2, 0.25) is 17.6 Å². The van der Waals surface area contributed by atoms with Gasteiger partial charge in [-0.1, -0.05) is 11.6 Å². The maximum absolute atomic E-state index is 15.2. The third-order valence-corrected chi connectivity index (χ3v) is 11.5. The lowest BCUT2D eigenvalue weighted by Gasteiger charge is -2.50. The molecule has 0 aromatic heterocycles. The number of phenolic OH excluding ortho intramolecular Hbond substituents is 1. The van der Waals surface area contributed by atoms with E-state index in [1.165, 1.54) is 19.2 Å². The van der Waals surface area contributed by atoms with Crippen LogP contribution in [0.25, 0.3) is 0 Å². The van der Waals surface area contributed by atoms with E-state index in [1.54, 1.807) is 26.8 Å². The van der Waals surface area contributed by atoms with Gasteiger partial charge in [-0.05, 0) is 73.2 Å². The van der Waals surface area contributed by atoms with E-state index in [0.29, 0.717) is 0 Å². The van der Waals surface area contributed by atoms with Crippen molar-refractivity contribution in [1.82, 2.24) is 4.90 Å². The SMILES string of the molecule is COc1cc(C2C3=CCC4C(=O)N(C(C)(C)C)C(=O)C4C3CC3(Cl)C(=O)N(c4c(F)c(F)c(F)c(F)c4F)C(=O)C23Cl)cc(Br)c1O. The largest absolute Gasteiger partial charge is 0.503 e. The third kappa shape index (κ3) is 4.22. The number of methoxy groups -OCH3 is 1. The first-order chi connectivity index (χ1) is 21.7. The zero-order chi connectivity index (χ0) is 34.9. The highest BCUT2D eigenvalue weighted by Gasteiger charge is 2.77. The Labute approximate surface area is 282 Å². The molecule has 2 aliphatic heterocycles. The van der Waals surface area contributed by atoms with Gasteiger partial charge in [0, 0.05) is 11.5 Å². The normalized spacial score (nSPS) is 30.4. The molecule has 0 spiro atoms. The fourth-order valence-electron chi connectivity index (χ4n) is 7.52. The number of alkyl halides is 2. The summed E-state index contributed by atoms with van der Waals surface area (Å²) < 4.78 is 78.4. The predicted molar refractivity (Wildman–Crippen MR) is 160 cm³/mol. The quantitative estimate of drug-likeness (QED) is 0.0995. The Hall–Kier alpha value is -3.23. The fraction of sp³-hybridized carbons (Fsp3) is 0.419. The number of rotatable bonds is 3. The second-order valence-corrected chi connectivity index (χ2v) is 15.0. The zero-order valence-electron chi connectivity index (χ0n) is 24.9. The Bertz CT molecular complexity index is 1840. The third-order valence-electron chi connectivity index (χ3n) is 9.50. The molecule has 1 N–H and O–H groups in total. The number of amides is 4. The van der Waals surface area contributed by atoms with E-state index in [0.717, 1.165) is 4.90 Å². The summed E-state index contributed by atoms with van der Waals surface area (Å²) >= 11 is 17.4. The molecule has 2 aliphatic carbocycles. The molecule has 6 rings (SSSR count). The average molecular weight is 766 g/mol. The number of fused-ring (bicyclic) bond motifs is 4. The molecule has 2 aromatic carbocycles. The fourth-order valence-corrected chi connectivity index (χ4v) is 8.91. The van der Waals surface area contributed by atoms with Crippen molar-refractivity contribution in [3.05, 3.63) is 62.9 Å². The molecule has 0 bridgehead atoms. The molecular formula is C31H24BrCl2F5N2O6. The summed E-state index contributed by atoms with van der Waals surface area (Å²) in [7, 11) is 1.22. The van der Waals surface area contributed by atoms with E-state index in [4.69, 9.17) is 27.9 Å². The monoisotopic (exact) mass is 764 g/mol. The van der Waals surface area contributed by atoms with Crippen LogP contribution in [0, 0.1) is 46.8 Å². The molecule has 4 amide bonds. The van der Waals surface area contributed by atoms with Gasteiger partial charge in [0.25, 0.3) is 11.8 Å². The van der Waals surface area contributed by atoms with Gasteiger partial charge >= 0.3 is 0 Å². The maximum atomic E-state index is 15.2. The summed E-state index contributed by atoms with van der Waals surface area (Å²) in [6, 6.07) is 2.59. The Morgan fingerprint density at radius 2 is 1.49 bits per heavy atom. The minimum absolute atomic E-state index is 0.00624. The lowest BCUT2D eigenvalue weighted by atomic mass is 9.56. The molecule has 4 aliphatic rings. The summed E-state index contributed by atoms with van der Waals surface area (Å²) in [6.07, 6.45) is 0.970. The van der Waals surface area contributed by atoms with Crippen LogP contribution in [0.1, 0.15) is 45.1 Å². The molecule has 16 heteroatoms. The molecule has 6 atom stereocenters. The van der Waals surface area contributed by atoms with Gasteiger partial charge < -0.3 is 9.84 Å². The van der Waals surface area contributed by atoms with Crippen molar-refractivity contribution in [2.24, 2.45) is 17.8 Å². The number of allylic oxidation sites excluding steroid dienone is 2. The van der Waals surface area contributed by atoms with Crippen molar-refractivity contribution < 1.29 is 51.0 Å². The van der Waals surface area contributed by atoms with Gasteiger partial charge in [0.15, 0.2) is 44.5 Å². The van der Waals surface area contributed by atoms with E-state index in [1.807, 2.05) is 0 Å². The number of imide groups is 2. The van der Waals surface area contributed by atoms with Crippen molar-refractivity contribution in [3.8, 4) is 11.5 Å². The lowest BCUT2D eigenvalue weighted by molar-refractivity contribution is -0.145. The molecule has 0 radical (unpaired) electrons. The minimum atomic E-state index is -2.70. The van der Waals surface area contributed by atoms with Gasteiger partial charge in [0.05, 0.1) is 23.4 Å². The van der Waals surface area contributed by atoms with Crippen LogP contribution >= 0.6 is 39.1 Å². The highest BCUT2D eigenvalue weighted by atomic mass is 79.9. The molecular weight excluding hydrogens is 742 g/mol. The van der Waals surface area contributed by atoms with Crippen LogP contribution in [0.2, 0.25) is 0 Å². The molecule has 250 valence electrons. The van der Waals surface area contributed by atoms with Crippen LogP contribution in [-0.2, 0) is 19.2 Å². The highest BCUT2D eigenvalue weighted by molar-refractivity contribution is 9.10. The molecule has 6 unspecified atom stereocenters. The Kier molecular flexibility index (Phi) is 7.62. The van der Waals surface area contributed by atoms with Crippen LogP contribution in [-0.4, -0.2) is 56.0 Å². The molecule has 8 nitrogen and oxygen atoms in total. The number of carbonyl (C=O) groups excluding carboxylic acids is 4. The number of aromatic hydroxyl groups is 1. The number of halogens is 8. The number of carbonyl (C=O) groups is 4. The van der Waals surface area contributed by atoms with Gasteiger partial charge in [-0.25, -0.2) is 26.9 Å². The van der Waals surface area contributed by atoms with Crippen LogP contribution in [0.4, 0.5) is 27.6 Å². The minimum Gasteiger partial charge on any atom is -0.503 e. The van der Waals surface area contributed by atoms with Crippen molar-refractivity contribution in [2.45, 2.75) is 54.8 Å². The van der Waals surface area contributed by atoms with E-state index >= 15 is 8.78 Å². The second-order valence-electron chi connectivity index (χ2n) is 12.9. The highest BCUT2D eigenvalue weighted by Crippen LogP contribution is 2.66. The van der Waals surface area contributed by atoms with E-state index < -0.39 is 104 Å². The van der Waals surface area contributed by atoms with E-state index in [2.05, 4.69) is 15.9 Å². The van der Waals surface area contributed by atoms with Crippen molar-refractivity contribution >= 4 is 68.4 Å². The van der Waals surface area contributed by atoms with Crippen LogP contribution in [0.15, 0.2) is 28.3 Å². The summed E-state index contributed by atoms with van der Waals surface area (Å²) in [5.41, 5.74) is -2.46. The summed E-state index contributed by atoms with van der Waals surface area (Å²) in [6.45, 7) is 4.98. The smallest absolute Gasteiger partial charge is 0.258 e. The first-order valence-electron chi connectivity index (χ1n) is 14.2. The number of phenols is 1. The number of likely N-dealkylation sites (tertiary alicyclic amines) is 1. The molecule has 1 saturated carbocycles. The van der Waals surface area contributed by atoms with Gasteiger partial charge in [-0.15, -0.1) is 23.2 Å². The number of ether oxygens (including phenoxy) is 1. The molecule has 3 fully saturated rings. The predicted octanol–water partition coefficient (Wildman–Crippen LogP) is 6.22. The molecule has 2 aromatic rings. The Morgan fingerprint density at radius 1 is 0.915 bits per heavy atom. The average Bonchev–Trinajstić information content (AvgIpc) is 3.35. The lowest BCUT2D eigenvalue weighted by Crippen LogP contribution is -2.60. The molecule has 2 saturated heterocycles. The molecule has 47 heavy (non-hydrogen) atoms. The van der Waals surface area contributed by atoms with E-state index in [-0.39, 0.29) is 38.4 Å². The number of benzene rings is 2. The number of nitrogens with zero attached hydrogens (tertiary/aromatic N) is 2. The zero-order valence-corrected chi connectivity index (χ0v) is 28.0. The molecule has 2 heterocycles. The topological polar surface area (TPSA) is 104 Å². The van der Waals surface area contributed by atoms with Crippen LogP contribution in [0.5, 0.6) is 11.5 Å². The van der Waals surface area contributed by atoms with E-state index in [9.17, 15) is 37.5 Å². The van der Waals surface area contributed by atoms with Crippen LogP contribution in [0.3, 0.4) is 0 Å². The van der Waals surface area contributed by atoms with Gasteiger partial charge in [-0.3, -0.25) is 24.1 Å². The standard InChI is InChI=1S/C31H24BrCl2F5N2O6/c1-29(2,3)41-25(43)12-6-5-11-13(16(12)26(41)44)9-30(33)27(45)40(23-21(38)19(36)18(35)20(37)22(23)39)28(46)31(30,34)17(11)10-7-14(32)24(42)15(8-10)47-4/h5,7-8,12-13,16-17,42H,6,9H2,1-4H3. The van der Waals surface area contributed by atoms with Gasteiger partial charge in [-0.2, -0.15) is 0 Å². The Morgan fingerprint density at radius 3 is 2.04 bits per heavy atom. The van der Waals surface area contributed by atoms with Crippen molar-refractivity contribution in [1.29, 1.82) is 0 Å². The number of hydrogen-bond donors (Lipinski definition) is 1. The first kappa shape index (κ1) is 33.7. The van der Waals surface area contributed by atoms with Crippen LogP contribution < -0.4 is 9.64 Å².